The summed E-state index contributed by atoms with van der Waals surface area (Å²) in [5.41, 5.74) is 5.98. The van der Waals surface area contributed by atoms with Crippen LogP contribution in [0.4, 0.5) is 5.95 Å². The summed E-state index contributed by atoms with van der Waals surface area (Å²) in [7, 11) is 0. The molecule has 19 heavy (non-hydrogen) atoms. The summed E-state index contributed by atoms with van der Waals surface area (Å²) in [6.45, 7) is 3.84. The van der Waals surface area contributed by atoms with Gasteiger partial charge in [0, 0.05) is 31.5 Å². The molecule has 0 radical (unpaired) electrons. The van der Waals surface area contributed by atoms with Crippen LogP contribution in [-0.2, 0) is 0 Å². The largest absolute Gasteiger partial charge is 0.338 e. The quantitative estimate of drug-likeness (QED) is 0.841. The number of nitrogens with zero attached hydrogens (tertiary/aromatic N) is 5. The minimum absolute atomic E-state index is 0.0507. The molecule has 102 valence electrons. The van der Waals surface area contributed by atoms with Gasteiger partial charge in [0.05, 0.1) is 0 Å². The Morgan fingerprint density at radius 2 is 2.42 bits per heavy atom. The highest BCUT2D eigenvalue weighted by atomic mass is 15.4. The lowest BCUT2D eigenvalue weighted by Gasteiger charge is -2.29. The Hall–Kier alpha value is -1.89. The first kappa shape index (κ1) is 12.2. The normalized spacial score (nSPS) is 21.6. The van der Waals surface area contributed by atoms with Crippen LogP contribution >= 0.6 is 0 Å². The van der Waals surface area contributed by atoms with Crippen molar-refractivity contribution in [2.45, 2.75) is 31.8 Å². The zero-order valence-electron chi connectivity index (χ0n) is 11.0. The first-order chi connectivity index (χ1) is 9.24. The summed E-state index contributed by atoms with van der Waals surface area (Å²) in [6, 6.07) is 2.17. The Morgan fingerprint density at radius 3 is 3.16 bits per heavy atom. The van der Waals surface area contributed by atoms with Crippen molar-refractivity contribution in [1.82, 2.24) is 25.0 Å². The lowest BCUT2D eigenvalue weighted by atomic mass is 10.1. The molecule has 0 aliphatic carbocycles. The number of hydrogen-bond donors (Lipinski definition) is 2. The molecule has 2 aromatic rings. The van der Waals surface area contributed by atoms with Gasteiger partial charge in [-0.15, -0.1) is 5.10 Å². The monoisotopic (exact) mass is 261 g/mol. The third-order valence-electron chi connectivity index (χ3n) is 3.55. The van der Waals surface area contributed by atoms with E-state index in [1.807, 2.05) is 23.9 Å². The van der Waals surface area contributed by atoms with Crippen molar-refractivity contribution in [3.05, 3.63) is 24.3 Å². The Balaban J connectivity index is 1.76. The van der Waals surface area contributed by atoms with Crippen LogP contribution in [0.25, 0.3) is 0 Å². The van der Waals surface area contributed by atoms with E-state index in [4.69, 9.17) is 5.73 Å². The minimum Gasteiger partial charge on any atom is -0.338 e. The average Bonchev–Trinajstić information content (AvgIpc) is 3.10. The number of nitrogens with two attached hydrogens (primary N) is 1. The minimum atomic E-state index is 0.0507. The van der Waals surface area contributed by atoms with Gasteiger partial charge >= 0.3 is 0 Å². The zero-order chi connectivity index (χ0) is 13.2. The van der Waals surface area contributed by atoms with Gasteiger partial charge in [-0.2, -0.15) is 10.1 Å². The summed E-state index contributed by atoms with van der Waals surface area (Å²) in [5, 5.41) is 11.5. The maximum absolute atomic E-state index is 5.98. The van der Waals surface area contributed by atoms with Crippen molar-refractivity contribution in [3.8, 4) is 0 Å². The molecule has 7 heteroatoms. The number of nitrogens with one attached hydrogen (secondary N) is 1. The van der Waals surface area contributed by atoms with Crippen LogP contribution in [0.5, 0.6) is 0 Å². The Labute approximate surface area is 111 Å². The topological polar surface area (TPSA) is 88.7 Å². The second-order valence-corrected chi connectivity index (χ2v) is 5.03. The van der Waals surface area contributed by atoms with Gasteiger partial charge in [-0.1, -0.05) is 0 Å². The van der Waals surface area contributed by atoms with E-state index in [0.717, 1.165) is 37.7 Å². The van der Waals surface area contributed by atoms with Crippen LogP contribution in [-0.4, -0.2) is 44.1 Å². The maximum Gasteiger partial charge on any atom is 0.244 e. The highest BCUT2D eigenvalue weighted by Crippen LogP contribution is 2.18. The summed E-state index contributed by atoms with van der Waals surface area (Å²) >= 11 is 0. The molecule has 1 aliphatic heterocycles. The molecule has 0 aromatic carbocycles. The molecule has 7 nitrogen and oxygen atoms in total. The molecule has 3 N–H and O–H groups in total. The number of aromatic nitrogens is 5. The van der Waals surface area contributed by atoms with Crippen molar-refractivity contribution < 1.29 is 0 Å². The Morgan fingerprint density at radius 1 is 1.53 bits per heavy atom. The summed E-state index contributed by atoms with van der Waals surface area (Å²) in [4.78, 5) is 6.71. The van der Waals surface area contributed by atoms with Gasteiger partial charge in [0.1, 0.15) is 6.04 Å². The predicted octanol–water partition coefficient (Wildman–Crippen LogP) is 0.538. The molecule has 2 aromatic heterocycles. The van der Waals surface area contributed by atoms with E-state index in [0.29, 0.717) is 0 Å². The van der Waals surface area contributed by atoms with Crippen molar-refractivity contribution >= 4 is 5.95 Å². The Bertz CT molecular complexity index is 518. The second-order valence-electron chi connectivity index (χ2n) is 5.03. The van der Waals surface area contributed by atoms with Gasteiger partial charge < -0.3 is 10.6 Å². The first-order valence-electron chi connectivity index (χ1n) is 6.66. The van der Waals surface area contributed by atoms with E-state index in [1.165, 1.54) is 0 Å². The molecule has 1 fully saturated rings. The van der Waals surface area contributed by atoms with Crippen molar-refractivity contribution in [2.24, 2.45) is 5.73 Å². The first-order valence-corrected chi connectivity index (χ1v) is 6.66. The third kappa shape index (κ3) is 2.46. The van der Waals surface area contributed by atoms with E-state index in [-0.39, 0.29) is 12.1 Å². The van der Waals surface area contributed by atoms with Gasteiger partial charge in [0.15, 0.2) is 5.82 Å². The fourth-order valence-electron chi connectivity index (χ4n) is 2.42. The van der Waals surface area contributed by atoms with Gasteiger partial charge in [-0.3, -0.25) is 9.78 Å². The molecule has 0 bridgehead atoms. The number of aromatic amines is 1. The molecule has 3 heterocycles. The summed E-state index contributed by atoms with van der Waals surface area (Å²) in [5.74, 6) is 1.56. The molecule has 1 saturated heterocycles. The second kappa shape index (κ2) is 5.00. The smallest absolute Gasteiger partial charge is 0.244 e. The van der Waals surface area contributed by atoms with Crippen LogP contribution in [0.1, 0.15) is 31.6 Å². The number of anilines is 1. The molecule has 2 unspecified atom stereocenters. The standard InChI is InChI=1S/C12H19N7/c1-9(19-7-3-5-14-19)11-15-12(17-16-11)18-6-2-4-10(13)8-18/h3,5,7,9-10H,2,4,6,8,13H2,1H3,(H,15,16,17). The van der Waals surface area contributed by atoms with E-state index >= 15 is 0 Å². The summed E-state index contributed by atoms with van der Waals surface area (Å²) < 4.78 is 1.85. The molecule has 2 atom stereocenters. The van der Waals surface area contributed by atoms with E-state index in [9.17, 15) is 0 Å². The summed E-state index contributed by atoms with van der Waals surface area (Å²) in [6.07, 6.45) is 5.86. The van der Waals surface area contributed by atoms with Crippen LogP contribution < -0.4 is 10.6 Å². The number of H-pyrrole nitrogens is 1. The van der Waals surface area contributed by atoms with E-state index in [1.54, 1.807) is 6.20 Å². The van der Waals surface area contributed by atoms with E-state index in [2.05, 4.69) is 25.2 Å². The van der Waals surface area contributed by atoms with Crippen molar-refractivity contribution in [2.75, 3.05) is 18.0 Å². The molecular weight excluding hydrogens is 242 g/mol. The van der Waals surface area contributed by atoms with Gasteiger partial charge in [-0.25, -0.2) is 0 Å². The lowest BCUT2D eigenvalue weighted by Crippen LogP contribution is -2.43. The number of hydrogen-bond acceptors (Lipinski definition) is 5. The zero-order valence-corrected chi connectivity index (χ0v) is 11.0. The number of rotatable bonds is 3. The molecule has 0 saturated carbocycles. The van der Waals surface area contributed by atoms with Crippen LogP contribution in [0, 0.1) is 0 Å². The fourth-order valence-corrected chi connectivity index (χ4v) is 2.42. The molecule has 1 aliphatic rings. The average molecular weight is 261 g/mol. The molecule has 3 rings (SSSR count). The van der Waals surface area contributed by atoms with Crippen LogP contribution in [0.2, 0.25) is 0 Å². The van der Waals surface area contributed by atoms with Gasteiger partial charge in [0.2, 0.25) is 5.95 Å². The van der Waals surface area contributed by atoms with Crippen LogP contribution in [0.3, 0.4) is 0 Å². The highest BCUT2D eigenvalue weighted by Gasteiger charge is 2.21. The van der Waals surface area contributed by atoms with Crippen LogP contribution in [0.15, 0.2) is 18.5 Å². The molecule has 0 amide bonds. The fraction of sp³-hybridized carbons (Fsp3) is 0.583. The SMILES string of the molecule is CC(c1nc(N2CCCC(N)C2)n[nH]1)n1cccn1. The van der Waals surface area contributed by atoms with Gasteiger partial charge in [-0.05, 0) is 25.8 Å². The third-order valence-corrected chi connectivity index (χ3v) is 3.55. The lowest BCUT2D eigenvalue weighted by molar-refractivity contribution is 0.499. The molecule has 0 spiro atoms. The molecular formula is C12H19N7. The number of piperidine rings is 1. The van der Waals surface area contributed by atoms with E-state index < -0.39 is 0 Å². The van der Waals surface area contributed by atoms with Gasteiger partial charge in [0.25, 0.3) is 0 Å². The predicted molar refractivity (Wildman–Crippen MR) is 71.8 cm³/mol. The van der Waals surface area contributed by atoms with Crippen molar-refractivity contribution in [3.63, 3.8) is 0 Å². The Kier molecular flexibility index (Phi) is 3.20. The highest BCUT2D eigenvalue weighted by molar-refractivity contribution is 5.30. The van der Waals surface area contributed by atoms with Crippen molar-refractivity contribution in [1.29, 1.82) is 0 Å². The maximum atomic E-state index is 5.98.